The van der Waals surface area contributed by atoms with Gasteiger partial charge in [0.2, 0.25) is 0 Å². The predicted octanol–water partition coefficient (Wildman–Crippen LogP) is 2.70. The Labute approximate surface area is 81.0 Å². The van der Waals surface area contributed by atoms with E-state index in [1.807, 2.05) is 0 Å². The second-order valence-electron chi connectivity index (χ2n) is 2.30. The summed E-state index contributed by atoms with van der Waals surface area (Å²) in [7, 11) is 0. The second kappa shape index (κ2) is 3.78. The van der Waals surface area contributed by atoms with Crippen LogP contribution in [-0.2, 0) is 6.42 Å². The molecule has 0 aromatic carbocycles. The van der Waals surface area contributed by atoms with Gasteiger partial charge in [-0.05, 0) is 18.1 Å². The third-order valence-corrected chi connectivity index (χ3v) is 1.91. The molecule has 0 spiro atoms. The van der Waals surface area contributed by atoms with E-state index in [0.717, 1.165) is 5.56 Å². The average molecular weight is 203 g/mol. The summed E-state index contributed by atoms with van der Waals surface area (Å²) in [4.78, 5) is 3.79. The number of hydrogen-bond donors (Lipinski definition) is 1. The van der Waals surface area contributed by atoms with E-state index in [2.05, 4.69) is 11.6 Å². The molecule has 0 unspecified atom stereocenters. The summed E-state index contributed by atoms with van der Waals surface area (Å²) in [6.07, 6.45) is 2.38. The van der Waals surface area contributed by atoms with E-state index < -0.39 is 0 Å². The van der Waals surface area contributed by atoms with E-state index in [1.54, 1.807) is 12.1 Å². The predicted molar refractivity (Wildman–Crippen MR) is 52.6 cm³/mol. The molecule has 1 aromatic rings. The van der Waals surface area contributed by atoms with Gasteiger partial charge in [0.1, 0.15) is 5.15 Å². The van der Waals surface area contributed by atoms with Crippen LogP contribution in [0, 0.1) is 0 Å². The number of rotatable bonds is 2. The number of nitrogens with zero attached hydrogens (tertiary/aromatic N) is 1. The molecule has 12 heavy (non-hydrogen) atoms. The molecule has 0 amide bonds. The molecular formula is C8H8Cl2N2. The number of allylic oxidation sites excluding steroid dienone is 1. The van der Waals surface area contributed by atoms with Crippen molar-refractivity contribution < 1.29 is 0 Å². The SMILES string of the molecule is C=CCc1cc(Cl)nc(Cl)c1N. The molecule has 0 atom stereocenters. The van der Waals surface area contributed by atoms with Crippen LogP contribution in [0.1, 0.15) is 5.56 Å². The molecule has 2 N–H and O–H groups in total. The monoisotopic (exact) mass is 202 g/mol. The lowest BCUT2D eigenvalue weighted by Crippen LogP contribution is -1.96. The van der Waals surface area contributed by atoms with Crippen LogP contribution in [-0.4, -0.2) is 4.98 Å². The first kappa shape index (κ1) is 9.36. The van der Waals surface area contributed by atoms with Gasteiger partial charge in [-0.3, -0.25) is 0 Å². The van der Waals surface area contributed by atoms with Gasteiger partial charge in [-0.2, -0.15) is 0 Å². The molecule has 0 saturated heterocycles. The topological polar surface area (TPSA) is 38.9 Å². The highest BCUT2D eigenvalue weighted by atomic mass is 35.5. The van der Waals surface area contributed by atoms with Crippen LogP contribution in [0.2, 0.25) is 10.3 Å². The lowest BCUT2D eigenvalue weighted by Gasteiger charge is -2.04. The Morgan fingerprint density at radius 1 is 1.58 bits per heavy atom. The van der Waals surface area contributed by atoms with Gasteiger partial charge in [0.25, 0.3) is 0 Å². The second-order valence-corrected chi connectivity index (χ2v) is 3.05. The molecule has 0 aliphatic carbocycles. The van der Waals surface area contributed by atoms with Crippen molar-refractivity contribution >= 4 is 28.9 Å². The maximum Gasteiger partial charge on any atom is 0.153 e. The molecule has 0 bridgehead atoms. The Hall–Kier alpha value is -0.730. The van der Waals surface area contributed by atoms with E-state index in [9.17, 15) is 0 Å². The number of aromatic nitrogens is 1. The first-order valence-corrected chi connectivity index (χ1v) is 4.12. The fourth-order valence-corrected chi connectivity index (χ4v) is 1.34. The zero-order chi connectivity index (χ0) is 9.14. The zero-order valence-corrected chi connectivity index (χ0v) is 7.86. The third-order valence-electron chi connectivity index (χ3n) is 1.43. The van der Waals surface area contributed by atoms with Crippen molar-refractivity contribution in [1.82, 2.24) is 4.98 Å². The van der Waals surface area contributed by atoms with Crippen LogP contribution < -0.4 is 5.73 Å². The summed E-state index contributed by atoms with van der Waals surface area (Å²) in [5, 5.41) is 0.602. The summed E-state index contributed by atoms with van der Waals surface area (Å²) in [6.45, 7) is 3.59. The summed E-state index contributed by atoms with van der Waals surface area (Å²) in [5.74, 6) is 0. The molecule has 0 aliphatic rings. The van der Waals surface area contributed by atoms with E-state index in [-0.39, 0.29) is 5.15 Å². The van der Waals surface area contributed by atoms with E-state index >= 15 is 0 Å². The Bertz CT molecular complexity index is 310. The van der Waals surface area contributed by atoms with Crippen molar-refractivity contribution in [2.24, 2.45) is 0 Å². The van der Waals surface area contributed by atoms with E-state index in [1.165, 1.54) is 0 Å². The molecule has 0 aliphatic heterocycles. The normalized spacial score (nSPS) is 9.83. The largest absolute Gasteiger partial charge is 0.396 e. The van der Waals surface area contributed by atoms with Gasteiger partial charge in [0.05, 0.1) is 5.69 Å². The highest BCUT2D eigenvalue weighted by molar-refractivity contribution is 6.34. The number of nitrogens with two attached hydrogens (primary N) is 1. The van der Waals surface area contributed by atoms with Gasteiger partial charge >= 0.3 is 0 Å². The third kappa shape index (κ3) is 1.90. The lowest BCUT2D eigenvalue weighted by atomic mass is 10.2. The van der Waals surface area contributed by atoms with Crippen molar-refractivity contribution in [1.29, 1.82) is 0 Å². The van der Waals surface area contributed by atoms with Gasteiger partial charge in [-0.25, -0.2) is 4.98 Å². The number of nitrogen functional groups attached to an aromatic ring is 1. The molecule has 4 heteroatoms. The summed E-state index contributed by atoms with van der Waals surface area (Å²) in [5.41, 5.74) is 6.97. The first-order valence-electron chi connectivity index (χ1n) is 3.36. The molecule has 0 fully saturated rings. The summed E-state index contributed by atoms with van der Waals surface area (Å²) < 4.78 is 0. The van der Waals surface area contributed by atoms with Crippen molar-refractivity contribution in [3.63, 3.8) is 0 Å². The number of halogens is 2. The maximum absolute atomic E-state index is 5.70. The molecule has 1 aromatic heterocycles. The smallest absolute Gasteiger partial charge is 0.153 e. The Kier molecular flexibility index (Phi) is 2.95. The average Bonchev–Trinajstić information content (AvgIpc) is 2.00. The van der Waals surface area contributed by atoms with Crippen molar-refractivity contribution in [2.75, 3.05) is 5.73 Å². The minimum atomic E-state index is 0.249. The van der Waals surface area contributed by atoms with Crippen LogP contribution in [0.4, 0.5) is 5.69 Å². The van der Waals surface area contributed by atoms with Crippen molar-refractivity contribution in [3.8, 4) is 0 Å². The van der Waals surface area contributed by atoms with E-state index in [4.69, 9.17) is 28.9 Å². The number of pyridine rings is 1. The van der Waals surface area contributed by atoms with Crippen LogP contribution in [0.15, 0.2) is 18.7 Å². The molecule has 64 valence electrons. The quantitative estimate of drug-likeness (QED) is 0.592. The molecule has 0 radical (unpaired) electrons. The highest BCUT2D eigenvalue weighted by Gasteiger charge is 2.05. The minimum absolute atomic E-state index is 0.249. The zero-order valence-electron chi connectivity index (χ0n) is 6.35. The van der Waals surface area contributed by atoms with Gasteiger partial charge in [-0.1, -0.05) is 29.3 Å². The molecule has 1 heterocycles. The fourth-order valence-electron chi connectivity index (χ4n) is 0.865. The van der Waals surface area contributed by atoms with Crippen LogP contribution >= 0.6 is 23.2 Å². The van der Waals surface area contributed by atoms with Gasteiger partial charge in [0, 0.05) is 0 Å². The summed E-state index contributed by atoms with van der Waals surface area (Å²) in [6, 6.07) is 1.68. The Morgan fingerprint density at radius 2 is 2.25 bits per heavy atom. The van der Waals surface area contributed by atoms with Gasteiger partial charge in [0.15, 0.2) is 5.15 Å². The van der Waals surface area contributed by atoms with Crippen LogP contribution in [0.3, 0.4) is 0 Å². The first-order chi connectivity index (χ1) is 5.65. The van der Waals surface area contributed by atoms with E-state index in [0.29, 0.717) is 17.3 Å². The maximum atomic E-state index is 5.70. The number of anilines is 1. The number of hydrogen-bond acceptors (Lipinski definition) is 2. The molecule has 2 nitrogen and oxygen atoms in total. The van der Waals surface area contributed by atoms with Gasteiger partial charge in [-0.15, -0.1) is 6.58 Å². The molecule has 0 saturated carbocycles. The van der Waals surface area contributed by atoms with Crippen LogP contribution in [0.25, 0.3) is 0 Å². The molecular weight excluding hydrogens is 195 g/mol. The standard InChI is InChI=1S/C8H8Cl2N2/c1-2-3-5-4-6(9)12-8(10)7(5)11/h2,4H,1,3,11H2. The minimum Gasteiger partial charge on any atom is -0.396 e. The molecule has 1 rings (SSSR count). The Balaban J connectivity index is 3.17. The van der Waals surface area contributed by atoms with Crippen molar-refractivity contribution in [3.05, 3.63) is 34.6 Å². The fraction of sp³-hybridized carbons (Fsp3) is 0.125. The lowest BCUT2D eigenvalue weighted by molar-refractivity contribution is 1.22. The van der Waals surface area contributed by atoms with Gasteiger partial charge < -0.3 is 5.73 Å². The summed E-state index contributed by atoms with van der Waals surface area (Å²) >= 11 is 11.4. The van der Waals surface area contributed by atoms with Crippen LogP contribution in [0.5, 0.6) is 0 Å². The Morgan fingerprint density at radius 3 is 2.83 bits per heavy atom. The van der Waals surface area contributed by atoms with Crippen molar-refractivity contribution in [2.45, 2.75) is 6.42 Å². The highest BCUT2D eigenvalue weighted by Crippen LogP contribution is 2.24.